The van der Waals surface area contributed by atoms with Crippen LogP contribution in [0.1, 0.15) is 17.2 Å². The Morgan fingerprint density at radius 1 is 1.17 bits per heavy atom. The molecule has 0 amide bonds. The van der Waals surface area contributed by atoms with Gasteiger partial charge in [0.15, 0.2) is 0 Å². The van der Waals surface area contributed by atoms with E-state index in [-0.39, 0.29) is 11.9 Å². The Balaban J connectivity index is 2.16. The van der Waals surface area contributed by atoms with Crippen LogP contribution in [0, 0.1) is 9.39 Å². The van der Waals surface area contributed by atoms with Gasteiger partial charge in [0.1, 0.15) is 5.82 Å². The molecule has 2 aromatic rings. The van der Waals surface area contributed by atoms with E-state index >= 15 is 0 Å². The Hall–Kier alpha value is -0.460. The predicted octanol–water partition coefficient (Wildman–Crippen LogP) is 4.44. The molecule has 0 aliphatic carbocycles. The van der Waals surface area contributed by atoms with Crippen molar-refractivity contribution < 1.29 is 4.39 Å². The van der Waals surface area contributed by atoms with E-state index in [0.717, 1.165) is 10.0 Å². The first-order chi connectivity index (χ1) is 8.56. The lowest BCUT2D eigenvalue weighted by Gasteiger charge is -2.13. The van der Waals surface area contributed by atoms with Crippen molar-refractivity contribution in [2.75, 3.05) is 0 Å². The molecule has 0 saturated carbocycles. The quantitative estimate of drug-likeness (QED) is 0.731. The maximum Gasteiger partial charge on any atom is 0.129 e. The molecule has 0 radical (unpaired) electrons. The van der Waals surface area contributed by atoms with Crippen molar-refractivity contribution >= 4 is 38.5 Å². The fourth-order valence-corrected chi connectivity index (χ4v) is 2.48. The summed E-state index contributed by atoms with van der Waals surface area (Å²) < 4.78 is 15.7. The lowest BCUT2D eigenvalue weighted by molar-refractivity contribution is 0.579. The summed E-state index contributed by atoms with van der Waals surface area (Å²) >= 11 is 5.49. The number of nitrogens with two attached hydrogens (primary N) is 1. The molecular weight excluding hydrogens is 408 g/mol. The fourth-order valence-electron chi connectivity index (χ4n) is 1.79. The zero-order valence-corrected chi connectivity index (χ0v) is 13.3. The second kappa shape index (κ2) is 6.12. The van der Waals surface area contributed by atoms with Gasteiger partial charge >= 0.3 is 0 Å². The summed E-state index contributed by atoms with van der Waals surface area (Å²) in [5.74, 6) is -0.262. The molecule has 0 aliphatic heterocycles. The number of rotatable bonds is 3. The van der Waals surface area contributed by atoms with Crippen LogP contribution in [0.25, 0.3) is 0 Å². The van der Waals surface area contributed by atoms with Crippen LogP contribution in [0.2, 0.25) is 0 Å². The minimum Gasteiger partial charge on any atom is -0.324 e. The predicted molar refractivity (Wildman–Crippen MR) is 83.9 cm³/mol. The molecule has 2 aromatic carbocycles. The van der Waals surface area contributed by atoms with Crippen LogP contribution in [0.4, 0.5) is 4.39 Å². The Morgan fingerprint density at radius 3 is 2.44 bits per heavy atom. The normalized spacial score (nSPS) is 12.4. The average molecular weight is 420 g/mol. The van der Waals surface area contributed by atoms with Gasteiger partial charge in [0.2, 0.25) is 0 Å². The summed E-state index contributed by atoms with van der Waals surface area (Å²) in [6, 6.07) is 12.8. The molecule has 0 fully saturated rings. The lowest BCUT2D eigenvalue weighted by atomic mass is 9.99. The first-order valence-corrected chi connectivity index (χ1v) is 7.38. The molecule has 2 N–H and O–H groups in total. The number of halogens is 3. The van der Waals surface area contributed by atoms with Gasteiger partial charge in [-0.25, -0.2) is 4.39 Å². The second-order valence-corrected chi connectivity index (χ2v) is 6.26. The molecule has 0 aromatic heterocycles. The van der Waals surface area contributed by atoms with Crippen molar-refractivity contribution in [1.82, 2.24) is 0 Å². The van der Waals surface area contributed by atoms with Gasteiger partial charge in [-0.05, 0) is 58.8 Å². The van der Waals surface area contributed by atoms with Crippen LogP contribution in [0.5, 0.6) is 0 Å². The van der Waals surface area contributed by atoms with Crippen molar-refractivity contribution in [2.24, 2.45) is 5.73 Å². The summed E-state index contributed by atoms with van der Waals surface area (Å²) in [6.45, 7) is 0. The smallest absolute Gasteiger partial charge is 0.129 e. The fraction of sp³-hybridized carbons (Fsp3) is 0.143. The van der Waals surface area contributed by atoms with E-state index in [0.29, 0.717) is 12.0 Å². The van der Waals surface area contributed by atoms with Gasteiger partial charge < -0.3 is 5.73 Å². The van der Waals surface area contributed by atoms with Crippen LogP contribution in [0.3, 0.4) is 0 Å². The molecule has 0 aliphatic rings. The summed E-state index contributed by atoms with van der Waals surface area (Å²) in [5, 5.41) is 0. The Bertz CT molecular complexity index is 542. The van der Waals surface area contributed by atoms with Crippen molar-refractivity contribution in [2.45, 2.75) is 12.5 Å². The third-order valence-corrected chi connectivity index (χ3v) is 3.94. The SMILES string of the molecule is NC(Cc1ccc(I)cc1)c1ccc(Br)cc1F. The van der Waals surface area contributed by atoms with Gasteiger partial charge in [0.05, 0.1) is 0 Å². The van der Waals surface area contributed by atoms with Gasteiger partial charge in [-0.1, -0.05) is 34.1 Å². The van der Waals surface area contributed by atoms with Crippen LogP contribution in [-0.2, 0) is 6.42 Å². The van der Waals surface area contributed by atoms with Crippen molar-refractivity contribution in [3.05, 3.63) is 67.5 Å². The van der Waals surface area contributed by atoms with E-state index in [1.807, 2.05) is 30.3 Å². The Kier molecular flexibility index (Phi) is 4.75. The number of benzene rings is 2. The molecule has 1 nitrogen and oxygen atoms in total. The van der Waals surface area contributed by atoms with Crippen LogP contribution in [0.15, 0.2) is 46.9 Å². The van der Waals surface area contributed by atoms with E-state index in [1.54, 1.807) is 6.07 Å². The molecule has 1 unspecified atom stereocenters. The number of hydrogen-bond acceptors (Lipinski definition) is 1. The van der Waals surface area contributed by atoms with Crippen LogP contribution >= 0.6 is 38.5 Å². The third kappa shape index (κ3) is 3.52. The van der Waals surface area contributed by atoms with E-state index in [4.69, 9.17) is 5.73 Å². The second-order valence-electron chi connectivity index (χ2n) is 4.10. The zero-order chi connectivity index (χ0) is 13.1. The minimum absolute atomic E-state index is 0.262. The van der Waals surface area contributed by atoms with Crippen LogP contribution in [-0.4, -0.2) is 0 Å². The van der Waals surface area contributed by atoms with Crippen molar-refractivity contribution in [3.8, 4) is 0 Å². The van der Waals surface area contributed by atoms with Gasteiger partial charge in [-0.3, -0.25) is 0 Å². The van der Waals surface area contributed by atoms with Crippen molar-refractivity contribution in [3.63, 3.8) is 0 Å². The summed E-state index contributed by atoms with van der Waals surface area (Å²) in [7, 11) is 0. The monoisotopic (exact) mass is 419 g/mol. The van der Waals surface area contributed by atoms with E-state index in [9.17, 15) is 4.39 Å². The van der Waals surface area contributed by atoms with Gasteiger partial charge in [-0.15, -0.1) is 0 Å². The zero-order valence-electron chi connectivity index (χ0n) is 9.54. The van der Waals surface area contributed by atoms with E-state index in [2.05, 4.69) is 38.5 Å². The molecule has 0 bridgehead atoms. The minimum atomic E-state index is -0.321. The molecular formula is C14H12BrFIN. The highest BCUT2D eigenvalue weighted by molar-refractivity contribution is 14.1. The molecule has 94 valence electrons. The van der Waals surface area contributed by atoms with E-state index in [1.165, 1.54) is 9.64 Å². The van der Waals surface area contributed by atoms with Gasteiger partial charge in [0.25, 0.3) is 0 Å². The maximum absolute atomic E-state index is 13.8. The summed E-state index contributed by atoms with van der Waals surface area (Å²) in [4.78, 5) is 0. The topological polar surface area (TPSA) is 26.0 Å². The first-order valence-electron chi connectivity index (χ1n) is 5.51. The van der Waals surface area contributed by atoms with E-state index < -0.39 is 0 Å². The lowest BCUT2D eigenvalue weighted by Crippen LogP contribution is -2.15. The highest BCUT2D eigenvalue weighted by Gasteiger charge is 2.12. The van der Waals surface area contributed by atoms with Crippen molar-refractivity contribution in [1.29, 1.82) is 0 Å². The highest BCUT2D eigenvalue weighted by atomic mass is 127. The molecule has 18 heavy (non-hydrogen) atoms. The first kappa shape index (κ1) is 14.0. The summed E-state index contributed by atoms with van der Waals surface area (Å²) in [6.07, 6.45) is 0.634. The molecule has 0 heterocycles. The Morgan fingerprint density at radius 2 is 1.83 bits per heavy atom. The van der Waals surface area contributed by atoms with Gasteiger partial charge in [-0.2, -0.15) is 0 Å². The van der Waals surface area contributed by atoms with Gasteiger partial charge in [0, 0.05) is 19.6 Å². The highest BCUT2D eigenvalue weighted by Crippen LogP contribution is 2.22. The maximum atomic E-state index is 13.8. The average Bonchev–Trinajstić information content (AvgIpc) is 2.32. The molecule has 2 rings (SSSR count). The third-order valence-electron chi connectivity index (χ3n) is 2.73. The molecule has 4 heteroatoms. The van der Waals surface area contributed by atoms with Crippen LogP contribution < -0.4 is 5.73 Å². The Labute approximate surface area is 128 Å². The number of hydrogen-bond donors (Lipinski definition) is 1. The summed E-state index contributed by atoms with van der Waals surface area (Å²) in [5.41, 5.74) is 7.73. The molecule has 0 spiro atoms. The molecule has 1 atom stereocenters. The molecule has 0 saturated heterocycles. The largest absolute Gasteiger partial charge is 0.324 e. The standard InChI is InChI=1S/C14H12BrFIN/c15-10-3-6-12(13(16)8-10)14(18)7-9-1-4-11(17)5-2-9/h1-6,8,14H,7,18H2.